The van der Waals surface area contributed by atoms with E-state index in [-0.39, 0.29) is 6.10 Å². The summed E-state index contributed by atoms with van der Waals surface area (Å²) < 4.78 is 0. The molecule has 0 spiro atoms. The molecule has 3 atom stereocenters. The van der Waals surface area contributed by atoms with Crippen molar-refractivity contribution in [2.45, 2.75) is 57.2 Å². The maximum absolute atomic E-state index is 10.2. The molecule has 1 saturated carbocycles. The van der Waals surface area contributed by atoms with E-state index < -0.39 is 0 Å². The zero-order chi connectivity index (χ0) is 13.9. The van der Waals surface area contributed by atoms with Gasteiger partial charge in [-0.1, -0.05) is 19.8 Å². The van der Waals surface area contributed by atoms with E-state index in [1.165, 1.54) is 71.5 Å². The van der Waals surface area contributed by atoms with Gasteiger partial charge in [0.25, 0.3) is 0 Å². The Morgan fingerprint density at radius 3 is 2.35 bits per heavy atom. The Hall–Kier alpha value is -0.160. The lowest BCUT2D eigenvalue weighted by molar-refractivity contribution is 0.0250. The molecule has 0 aromatic carbocycles. The van der Waals surface area contributed by atoms with Gasteiger partial charge in [-0.25, -0.2) is 0 Å². The molecule has 3 fully saturated rings. The fourth-order valence-electron chi connectivity index (χ4n) is 4.33. The average Bonchev–Trinajstić information content (AvgIpc) is 2.97. The summed E-state index contributed by atoms with van der Waals surface area (Å²) in [5.74, 6) is 0. The van der Waals surface area contributed by atoms with Crippen LogP contribution >= 0.6 is 0 Å². The summed E-state index contributed by atoms with van der Waals surface area (Å²) in [5.41, 5.74) is 0. The molecular formula is C16H31N3O. The third-order valence-corrected chi connectivity index (χ3v) is 5.73. The van der Waals surface area contributed by atoms with Crippen molar-refractivity contribution in [3.63, 3.8) is 0 Å². The smallest absolute Gasteiger partial charge is 0.0695 e. The van der Waals surface area contributed by atoms with Gasteiger partial charge < -0.3 is 10.0 Å². The molecule has 0 bridgehead atoms. The molecule has 3 rings (SSSR count). The van der Waals surface area contributed by atoms with E-state index in [9.17, 15) is 5.11 Å². The largest absolute Gasteiger partial charge is 0.391 e. The number of aliphatic hydroxyl groups excluding tert-OH is 1. The summed E-state index contributed by atoms with van der Waals surface area (Å²) in [5, 5.41) is 10.2. The van der Waals surface area contributed by atoms with E-state index in [0.29, 0.717) is 6.04 Å². The molecule has 0 aromatic heterocycles. The molecule has 4 nitrogen and oxygen atoms in total. The van der Waals surface area contributed by atoms with Gasteiger partial charge in [0.1, 0.15) is 0 Å². The minimum atomic E-state index is -0.0700. The first-order valence-corrected chi connectivity index (χ1v) is 8.66. The van der Waals surface area contributed by atoms with Crippen molar-refractivity contribution in [1.29, 1.82) is 0 Å². The number of nitrogens with zero attached hydrogens (tertiary/aromatic N) is 3. The zero-order valence-electron chi connectivity index (χ0n) is 13.0. The molecule has 0 aromatic rings. The fourth-order valence-corrected chi connectivity index (χ4v) is 4.33. The minimum Gasteiger partial charge on any atom is -0.391 e. The van der Waals surface area contributed by atoms with Crippen LogP contribution in [0.4, 0.5) is 0 Å². The monoisotopic (exact) mass is 281 g/mol. The van der Waals surface area contributed by atoms with Gasteiger partial charge in [-0.2, -0.15) is 0 Å². The lowest BCUT2D eigenvalue weighted by atomic mass is 9.91. The van der Waals surface area contributed by atoms with Crippen molar-refractivity contribution in [2.75, 3.05) is 45.8 Å². The van der Waals surface area contributed by atoms with Crippen molar-refractivity contribution in [1.82, 2.24) is 14.7 Å². The quantitative estimate of drug-likeness (QED) is 0.836. The predicted molar refractivity (Wildman–Crippen MR) is 81.9 cm³/mol. The van der Waals surface area contributed by atoms with Crippen LogP contribution in [0.5, 0.6) is 0 Å². The molecule has 3 unspecified atom stereocenters. The normalized spacial score (nSPS) is 38.4. The molecule has 2 heterocycles. The standard InChI is InChI=1S/C16H31N3O/c1-2-17-9-11-18(12-10-17)14-7-8-19(13-14)15-5-3-4-6-16(15)20/h14-16,20H,2-13H2,1H3. The van der Waals surface area contributed by atoms with Crippen molar-refractivity contribution in [3.05, 3.63) is 0 Å². The number of aliphatic hydroxyl groups is 1. The van der Waals surface area contributed by atoms with E-state index in [0.717, 1.165) is 12.5 Å². The highest BCUT2D eigenvalue weighted by molar-refractivity contribution is 4.92. The van der Waals surface area contributed by atoms with Gasteiger partial charge in [0.15, 0.2) is 0 Å². The third kappa shape index (κ3) is 3.19. The number of likely N-dealkylation sites (N-methyl/N-ethyl adjacent to an activating group) is 1. The molecule has 1 N–H and O–H groups in total. The van der Waals surface area contributed by atoms with Gasteiger partial charge in [0.2, 0.25) is 0 Å². The molecule has 0 radical (unpaired) electrons. The van der Waals surface area contributed by atoms with Crippen molar-refractivity contribution in [2.24, 2.45) is 0 Å². The van der Waals surface area contributed by atoms with Gasteiger partial charge in [0.05, 0.1) is 6.10 Å². The van der Waals surface area contributed by atoms with E-state index >= 15 is 0 Å². The van der Waals surface area contributed by atoms with Crippen molar-refractivity contribution >= 4 is 0 Å². The van der Waals surface area contributed by atoms with Crippen LogP contribution in [-0.4, -0.2) is 83.8 Å². The Labute approximate surface area is 123 Å². The van der Waals surface area contributed by atoms with Crippen molar-refractivity contribution < 1.29 is 5.11 Å². The van der Waals surface area contributed by atoms with E-state index in [4.69, 9.17) is 0 Å². The summed E-state index contributed by atoms with van der Waals surface area (Å²) in [6, 6.07) is 1.19. The number of piperazine rings is 1. The highest BCUT2D eigenvalue weighted by Crippen LogP contribution is 2.27. The molecule has 1 aliphatic carbocycles. The number of hydrogen-bond acceptors (Lipinski definition) is 4. The molecule has 2 aliphatic heterocycles. The first-order chi connectivity index (χ1) is 9.78. The van der Waals surface area contributed by atoms with Crippen LogP contribution < -0.4 is 0 Å². The SMILES string of the molecule is CCN1CCN(C2CCN(C3CCCCC3O)C2)CC1. The molecule has 20 heavy (non-hydrogen) atoms. The van der Waals surface area contributed by atoms with Crippen LogP contribution in [0.3, 0.4) is 0 Å². The molecule has 4 heteroatoms. The predicted octanol–water partition coefficient (Wildman–Crippen LogP) is 1.00. The number of rotatable bonds is 3. The summed E-state index contributed by atoms with van der Waals surface area (Å²) in [7, 11) is 0. The van der Waals surface area contributed by atoms with E-state index in [1.54, 1.807) is 0 Å². The van der Waals surface area contributed by atoms with E-state index in [1.807, 2.05) is 0 Å². The van der Waals surface area contributed by atoms with Gasteiger partial charge in [-0.05, 0) is 25.8 Å². The zero-order valence-corrected chi connectivity index (χ0v) is 13.0. The Kier molecular flexibility index (Phi) is 4.97. The summed E-state index contributed by atoms with van der Waals surface area (Å²) in [6.45, 7) is 10.8. The van der Waals surface area contributed by atoms with Crippen LogP contribution in [0.1, 0.15) is 39.0 Å². The molecular weight excluding hydrogens is 250 g/mol. The molecule has 3 aliphatic rings. The molecule has 2 saturated heterocycles. The Morgan fingerprint density at radius 2 is 1.65 bits per heavy atom. The molecule has 0 amide bonds. The summed E-state index contributed by atoms with van der Waals surface area (Å²) in [6.07, 6.45) is 5.97. The van der Waals surface area contributed by atoms with Gasteiger partial charge >= 0.3 is 0 Å². The van der Waals surface area contributed by atoms with Crippen LogP contribution in [0, 0.1) is 0 Å². The highest BCUT2D eigenvalue weighted by Gasteiger charge is 2.36. The van der Waals surface area contributed by atoms with Crippen LogP contribution in [-0.2, 0) is 0 Å². The lowest BCUT2D eigenvalue weighted by Crippen LogP contribution is -2.51. The number of hydrogen-bond donors (Lipinski definition) is 1. The van der Waals surface area contributed by atoms with Gasteiger partial charge in [0, 0.05) is 51.4 Å². The maximum atomic E-state index is 10.2. The number of likely N-dealkylation sites (tertiary alicyclic amines) is 1. The van der Waals surface area contributed by atoms with Crippen LogP contribution in [0.15, 0.2) is 0 Å². The second kappa shape index (κ2) is 6.73. The van der Waals surface area contributed by atoms with Crippen molar-refractivity contribution in [3.8, 4) is 0 Å². The second-order valence-electron chi connectivity index (χ2n) is 6.83. The Balaban J connectivity index is 1.49. The third-order valence-electron chi connectivity index (χ3n) is 5.73. The van der Waals surface area contributed by atoms with Crippen LogP contribution in [0.25, 0.3) is 0 Å². The fraction of sp³-hybridized carbons (Fsp3) is 1.00. The molecule has 116 valence electrons. The van der Waals surface area contributed by atoms with Gasteiger partial charge in [-0.3, -0.25) is 9.80 Å². The first-order valence-electron chi connectivity index (χ1n) is 8.66. The first kappa shape index (κ1) is 14.8. The lowest BCUT2D eigenvalue weighted by Gasteiger charge is -2.39. The Morgan fingerprint density at radius 1 is 0.900 bits per heavy atom. The van der Waals surface area contributed by atoms with E-state index in [2.05, 4.69) is 21.6 Å². The summed E-state index contributed by atoms with van der Waals surface area (Å²) in [4.78, 5) is 7.83. The average molecular weight is 281 g/mol. The van der Waals surface area contributed by atoms with Crippen LogP contribution in [0.2, 0.25) is 0 Å². The summed E-state index contributed by atoms with van der Waals surface area (Å²) >= 11 is 0. The second-order valence-corrected chi connectivity index (χ2v) is 6.83. The maximum Gasteiger partial charge on any atom is 0.0695 e. The topological polar surface area (TPSA) is 30.0 Å². The van der Waals surface area contributed by atoms with Gasteiger partial charge in [-0.15, -0.1) is 0 Å². The highest BCUT2D eigenvalue weighted by atomic mass is 16.3. The Bertz CT molecular complexity index is 304. The minimum absolute atomic E-state index is 0.0700.